The quantitative estimate of drug-likeness (QED) is 0.176. The van der Waals surface area contributed by atoms with Gasteiger partial charge in [-0.05, 0) is 95.1 Å². The molecule has 0 bridgehead atoms. The molecule has 2 aromatic heterocycles. The van der Waals surface area contributed by atoms with Gasteiger partial charge in [0, 0.05) is 24.3 Å². The molecule has 0 amide bonds. The lowest BCUT2D eigenvalue weighted by molar-refractivity contribution is -0.834. The standard InChI is InChI=1S/C45H26N4O6S/c50-29-9-1-25(2-10-29)41-33-17-19-35-42(26-3-11-30(51)12-4-26)37-21-23-39-44(28-7-15-32(16-8-28)56(53,54)55)40-24-22-38-43(27-5-13-31(52)14-6-27)36-20-18-34(41)47(36)45(46(33)35,48(37)39)49(38)40/h1-24H,(H2,51,52,53,54,55)/p+1. The Labute approximate surface area is 318 Å². The van der Waals surface area contributed by atoms with E-state index in [2.05, 4.69) is 66.9 Å². The highest BCUT2D eigenvalue weighted by molar-refractivity contribution is 7.85. The van der Waals surface area contributed by atoms with Crippen LogP contribution in [0.2, 0.25) is 0 Å². The highest BCUT2D eigenvalue weighted by Crippen LogP contribution is 2.53. The van der Waals surface area contributed by atoms with Crippen molar-refractivity contribution in [1.29, 1.82) is 0 Å². The summed E-state index contributed by atoms with van der Waals surface area (Å²) in [6.07, 6.45) is 8.52. The Balaban J connectivity index is 1.30. The molecule has 11 heteroatoms. The minimum absolute atomic E-state index is 0.158. The molecular formula is C45H27N4O6S+. The van der Waals surface area contributed by atoms with Gasteiger partial charge in [-0.1, -0.05) is 57.7 Å². The molecule has 0 saturated carbocycles. The fourth-order valence-electron chi connectivity index (χ4n) is 9.58. The topological polar surface area (TPSA) is 134 Å². The molecule has 0 aliphatic carbocycles. The SMILES string of the molecule is O=S(=O)([O-])c1ccc(C2=C3C=CC4=[N+]3C35n6c(ccc62)C(c2ccc(O)cc2)=C2C=CC(=[N+]23)C(c2ccc(O)cc2)=c2ccc(n25)=C4c2ccc(O)cc2)cc1. The number of allylic oxidation sites excluding steroid dienone is 4. The predicted octanol–water partition coefficient (Wildman–Crippen LogP) is 4.44. The summed E-state index contributed by atoms with van der Waals surface area (Å²) >= 11 is 0. The molecule has 10 nitrogen and oxygen atoms in total. The summed E-state index contributed by atoms with van der Waals surface area (Å²) in [6.45, 7) is 0. The van der Waals surface area contributed by atoms with Crippen molar-refractivity contribution in [3.63, 3.8) is 0 Å². The third kappa shape index (κ3) is 3.70. The van der Waals surface area contributed by atoms with Crippen LogP contribution in [-0.2, 0) is 16.0 Å². The summed E-state index contributed by atoms with van der Waals surface area (Å²) in [6, 6.07) is 36.3. The molecule has 6 aliphatic rings. The average Bonchev–Trinajstić information content (AvgIpc) is 4.02. The van der Waals surface area contributed by atoms with Crippen molar-refractivity contribution < 1.29 is 37.4 Å². The molecule has 12 rings (SSSR count). The molecule has 6 aliphatic heterocycles. The van der Waals surface area contributed by atoms with Crippen molar-refractivity contribution in [3.05, 3.63) is 201 Å². The zero-order valence-electron chi connectivity index (χ0n) is 29.1. The van der Waals surface area contributed by atoms with Crippen molar-refractivity contribution in [3.8, 4) is 17.2 Å². The van der Waals surface area contributed by atoms with E-state index >= 15 is 0 Å². The average molecular weight is 752 g/mol. The number of hydrogen-bond acceptors (Lipinski definition) is 6. The molecular weight excluding hydrogens is 725 g/mol. The van der Waals surface area contributed by atoms with Crippen LogP contribution < -0.4 is 10.7 Å². The second kappa shape index (κ2) is 10.3. The van der Waals surface area contributed by atoms with E-state index in [0.29, 0.717) is 0 Å². The molecule has 1 atom stereocenters. The Kier molecular flexibility index (Phi) is 5.73. The Bertz CT molecular complexity index is 3300. The first-order valence-corrected chi connectivity index (χ1v) is 19.4. The first-order chi connectivity index (χ1) is 27.1. The van der Waals surface area contributed by atoms with E-state index in [9.17, 15) is 28.3 Å². The van der Waals surface area contributed by atoms with Crippen LogP contribution in [-0.4, -0.2) is 58.0 Å². The maximum absolute atomic E-state index is 12.0. The molecule has 1 unspecified atom stereocenters. The van der Waals surface area contributed by atoms with E-state index < -0.39 is 16.0 Å². The maximum Gasteiger partial charge on any atom is 0.553 e. The van der Waals surface area contributed by atoms with Gasteiger partial charge >= 0.3 is 5.91 Å². The number of benzene rings is 4. The van der Waals surface area contributed by atoms with E-state index in [1.807, 2.05) is 36.4 Å². The maximum atomic E-state index is 12.0. The second-order valence-corrected chi connectivity index (χ2v) is 15.9. The van der Waals surface area contributed by atoms with E-state index in [-0.39, 0.29) is 22.1 Å². The van der Waals surface area contributed by atoms with E-state index in [0.717, 1.165) is 89.4 Å². The molecule has 0 fully saturated rings. The number of aromatic nitrogens is 2. The van der Waals surface area contributed by atoms with Gasteiger partial charge in [0.25, 0.3) is 0 Å². The predicted molar refractivity (Wildman–Crippen MR) is 206 cm³/mol. The largest absolute Gasteiger partial charge is 0.744 e. The van der Waals surface area contributed by atoms with Crippen LogP contribution >= 0.6 is 0 Å². The normalized spacial score (nSPS) is 19.4. The fourth-order valence-corrected chi connectivity index (χ4v) is 10.1. The van der Waals surface area contributed by atoms with Crippen molar-refractivity contribution in [2.75, 3.05) is 0 Å². The number of aromatic hydroxyl groups is 3. The fraction of sp³-hybridized carbons (Fsp3) is 0.0222. The van der Waals surface area contributed by atoms with Crippen LogP contribution in [0.5, 0.6) is 17.2 Å². The summed E-state index contributed by atoms with van der Waals surface area (Å²) in [5.41, 5.74) is 12.7. The summed E-state index contributed by atoms with van der Waals surface area (Å²) in [4.78, 5) is -0.303. The smallest absolute Gasteiger partial charge is 0.553 e. The van der Waals surface area contributed by atoms with Crippen molar-refractivity contribution in [2.45, 2.75) is 10.8 Å². The zero-order valence-corrected chi connectivity index (χ0v) is 29.9. The number of phenolic OH excluding ortho intramolecular Hbond substituents is 3. The third-order valence-corrected chi connectivity index (χ3v) is 12.5. The summed E-state index contributed by atoms with van der Waals surface area (Å²) in [5.74, 6) is -0.591. The lowest BCUT2D eigenvalue weighted by atomic mass is 9.93. The highest BCUT2D eigenvalue weighted by atomic mass is 32.2. The summed E-state index contributed by atoms with van der Waals surface area (Å²) < 4.78 is 45.5. The molecule has 56 heavy (non-hydrogen) atoms. The Morgan fingerprint density at radius 1 is 0.464 bits per heavy atom. The first kappa shape index (κ1) is 31.2. The van der Waals surface area contributed by atoms with Gasteiger partial charge in [0.15, 0.2) is 0 Å². The van der Waals surface area contributed by atoms with E-state index in [4.69, 9.17) is 0 Å². The Morgan fingerprint density at radius 3 is 1.23 bits per heavy atom. The number of phenols is 3. The molecule has 0 saturated heterocycles. The van der Waals surface area contributed by atoms with Crippen LogP contribution in [0.1, 0.15) is 33.6 Å². The van der Waals surface area contributed by atoms with Gasteiger partial charge in [-0.2, -0.15) is 9.13 Å². The molecule has 4 aromatic carbocycles. The van der Waals surface area contributed by atoms with Gasteiger partial charge in [-0.3, -0.25) is 0 Å². The van der Waals surface area contributed by atoms with Gasteiger partial charge in [-0.25, -0.2) is 8.42 Å². The van der Waals surface area contributed by atoms with Crippen molar-refractivity contribution in [2.24, 2.45) is 0 Å². The van der Waals surface area contributed by atoms with Crippen molar-refractivity contribution in [1.82, 2.24) is 9.13 Å². The van der Waals surface area contributed by atoms with Crippen LogP contribution in [0, 0.1) is 0 Å². The van der Waals surface area contributed by atoms with Crippen LogP contribution in [0.15, 0.2) is 162 Å². The van der Waals surface area contributed by atoms with Crippen molar-refractivity contribution >= 4 is 43.8 Å². The molecule has 3 N–H and O–H groups in total. The monoisotopic (exact) mass is 751 g/mol. The van der Waals surface area contributed by atoms with Crippen LogP contribution in [0.4, 0.5) is 0 Å². The van der Waals surface area contributed by atoms with Gasteiger partial charge in [0.1, 0.15) is 27.4 Å². The van der Waals surface area contributed by atoms with Crippen LogP contribution in [0.25, 0.3) is 22.3 Å². The lowest BCUT2D eigenvalue weighted by Gasteiger charge is -2.41. The minimum Gasteiger partial charge on any atom is -0.744 e. The number of nitrogens with zero attached hydrogens (tertiary/aromatic N) is 4. The molecule has 6 aromatic rings. The van der Waals surface area contributed by atoms with E-state index in [1.54, 1.807) is 48.5 Å². The highest BCUT2D eigenvalue weighted by Gasteiger charge is 2.72. The molecule has 8 heterocycles. The van der Waals surface area contributed by atoms with Gasteiger partial charge in [0.2, 0.25) is 22.8 Å². The zero-order chi connectivity index (χ0) is 37.8. The first-order valence-electron chi connectivity index (χ1n) is 18.0. The minimum atomic E-state index is -4.67. The number of rotatable bonds is 5. The Morgan fingerprint density at radius 2 is 0.839 bits per heavy atom. The van der Waals surface area contributed by atoms with E-state index in [1.165, 1.54) is 12.1 Å². The summed E-state index contributed by atoms with van der Waals surface area (Å²) in [7, 11) is -4.67. The lowest BCUT2D eigenvalue weighted by Crippen LogP contribution is -2.71. The molecule has 0 radical (unpaired) electrons. The molecule has 268 valence electrons. The Hall–Kier alpha value is -7.21. The van der Waals surface area contributed by atoms with Gasteiger partial charge in [-0.15, -0.1) is 0 Å². The van der Waals surface area contributed by atoms with Gasteiger partial charge in [0.05, 0.1) is 49.3 Å². The molecule has 1 spiro atoms. The number of hydrogen-bond donors (Lipinski definition) is 3. The van der Waals surface area contributed by atoms with Gasteiger partial charge < -0.3 is 19.9 Å². The summed E-state index contributed by atoms with van der Waals surface area (Å²) in [5, 5.41) is 33.0. The van der Waals surface area contributed by atoms with Crippen LogP contribution in [0.3, 0.4) is 0 Å². The third-order valence-electron chi connectivity index (χ3n) is 11.7. The second-order valence-electron chi connectivity index (χ2n) is 14.5.